The highest BCUT2D eigenvalue weighted by atomic mass is 32.1. The lowest BCUT2D eigenvalue weighted by Crippen LogP contribution is -2.03. The lowest BCUT2D eigenvalue weighted by atomic mass is 9.99. The summed E-state index contributed by atoms with van der Waals surface area (Å²) in [5, 5.41) is 15.6. The van der Waals surface area contributed by atoms with Crippen LogP contribution < -0.4 is 0 Å². The van der Waals surface area contributed by atoms with Gasteiger partial charge < -0.3 is 4.74 Å². The summed E-state index contributed by atoms with van der Waals surface area (Å²) in [5.74, 6) is -0.0327. The predicted octanol–water partition coefficient (Wildman–Crippen LogP) is 4.26. The van der Waals surface area contributed by atoms with E-state index in [1.54, 1.807) is 17.8 Å². The van der Waals surface area contributed by atoms with E-state index in [0.29, 0.717) is 23.7 Å². The molecule has 2 aromatic heterocycles. The second kappa shape index (κ2) is 6.46. The summed E-state index contributed by atoms with van der Waals surface area (Å²) in [6, 6.07) is 8.32. The van der Waals surface area contributed by atoms with Crippen LogP contribution in [-0.4, -0.2) is 22.4 Å². The molecule has 0 saturated carbocycles. The fourth-order valence-electron chi connectivity index (χ4n) is 2.46. The Labute approximate surface area is 144 Å². The molecule has 0 saturated heterocycles. The van der Waals surface area contributed by atoms with Gasteiger partial charge in [-0.3, -0.25) is 0 Å². The number of rotatable bonds is 4. The first-order valence-corrected chi connectivity index (χ1v) is 8.55. The number of benzene rings is 1. The molecular formula is C18H17N3O2S. The summed E-state index contributed by atoms with van der Waals surface area (Å²) >= 11 is 1.49. The SMILES string of the molecule is CCOC(=O)c1cnn(-c2cc3cc(C(C)C)cc(C#N)c3s2)c1. The number of hydrogen-bond donors (Lipinski definition) is 0. The van der Waals surface area contributed by atoms with E-state index in [-0.39, 0.29) is 5.97 Å². The zero-order valence-electron chi connectivity index (χ0n) is 13.7. The minimum atomic E-state index is -0.385. The van der Waals surface area contributed by atoms with Crippen LogP contribution in [0.1, 0.15) is 48.2 Å². The molecule has 0 aliphatic carbocycles. The summed E-state index contributed by atoms with van der Waals surface area (Å²) in [6.07, 6.45) is 3.14. The first-order chi connectivity index (χ1) is 11.5. The Kier molecular flexibility index (Phi) is 4.36. The van der Waals surface area contributed by atoms with Crippen molar-refractivity contribution in [2.75, 3.05) is 6.61 Å². The van der Waals surface area contributed by atoms with Crippen LogP contribution in [0.4, 0.5) is 0 Å². The molecule has 3 rings (SSSR count). The van der Waals surface area contributed by atoms with Crippen molar-refractivity contribution in [3.05, 3.63) is 47.3 Å². The first kappa shape index (κ1) is 16.2. The van der Waals surface area contributed by atoms with Crippen molar-refractivity contribution in [2.24, 2.45) is 0 Å². The van der Waals surface area contributed by atoms with Crippen molar-refractivity contribution in [2.45, 2.75) is 26.7 Å². The highest BCUT2D eigenvalue weighted by molar-refractivity contribution is 7.21. The molecule has 3 aromatic rings. The first-order valence-electron chi connectivity index (χ1n) is 7.73. The van der Waals surface area contributed by atoms with Crippen molar-refractivity contribution in [1.29, 1.82) is 5.26 Å². The lowest BCUT2D eigenvalue weighted by Gasteiger charge is -2.05. The summed E-state index contributed by atoms with van der Waals surface area (Å²) in [6.45, 7) is 6.31. The second-order valence-corrected chi connectivity index (χ2v) is 6.76. The zero-order chi connectivity index (χ0) is 17.3. The Balaban J connectivity index is 2.05. The Bertz CT molecular complexity index is 947. The fraction of sp³-hybridized carbons (Fsp3) is 0.278. The highest BCUT2D eigenvalue weighted by Crippen LogP contribution is 2.33. The van der Waals surface area contributed by atoms with Gasteiger partial charge in [-0.15, -0.1) is 11.3 Å². The van der Waals surface area contributed by atoms with Crippen LogP contribution in [-0.2, 0) is 4.74 Å². The molecular weight excluding hydrogens is 322 g/mol. The molecule has 0 unspecified atom stereocenters. The monoisotopic (exact) mass is 339 g/mol. The number of ether oxygens (including phenoxy) is 1. The van der Waals surface area contributed by atoms with Gasteiger partial charge in [-0.1, -0.05) is 13.8 Å². The number of nitrogens with zero attached hydrogens (tertiary/aromatic N) is 3. The number of carbonyl (C=O) groups excluding carboxylic acids is 1. The van der Waals surface area contributed by atoms with Crippen LogP contribution in [0.3, 0.4) is 0 Å². The molecule has 0 aliphatic rings. The number of esters is 1. The van der Waals surface area contributed by atoms with Gasteiger partial charge in [0.25, 0.3) is 0 Å². The predicted molar refractivity (Wildman–Crippen MR) is 93.7 cm³/mol. The Morgan fingerprint density at radius 1 is 1.42 bits per heavy atom. The zero-order valence-corrected chi connectivity index (χ0v) is 14.6. The van der Waals surface area contributed by atoms with Crippen LogP contribution in [0.25, 0.3) is 15.1 Å². The smallest absolute Gasteiger partial charge is 0.341 e. The number of carbonyl (C=O) groups is 1. The van der Waals surface area contributed by atoms with E-state index < -0.39 is 0 Å². The van der Waals surface area contributed by atoms with Crippen LogP contribution in [0.2, 0.25) is 0 Å². The molecule has 0 amide bonds. The van der Waals surface area contributed by atoms with Gasteiger partial charge in [-0.05, 0) is 42.0 Å². The topological polar surface area (TPSA) is 67.9 Å². The standard InChI is InChI=1S/C18H17N3O2S/c1-4-23-18(22)15-9-20-21(10-15)16-7-13-5-12(11(2)3)6-14(8-19)17(13)24-16/h5-7,9-11H,4H2,1-3H3. The maximum absolute atomic E-state index is 11.8. The molecule has 0 atom stereocenters. The average molecular weight is 339 g/mol. The molecule has 2 heterocycles. The van der Waals surface area contributed by atoms with Crippen molar-refractivity contribution in [3.63, 3.8) is 0 Å². The van der Waals surface area contributed by atoms with Crippen molar-refractivity contribution in [1.82, 2.24) is 9.78 Å². The lowest BCUT2D eigenvalue weighted by molar-refractivity contribution is 0.0526. The maximum atomic E-state index is 11.8. The molecule has 0 spiro atoms. The van der Waals surface area contributed by atoms with E-state index >= 15 is 0 Å². The van der Waals surface area contributed by atoms with E-state index in [2.05, 4.69) is 31.1 Å². The quantitative estimate of drug-likeness (QED) is 0.666. The van der Waals surface area contributed by atoms with Gasteiger partial charge in [0.2, 0.25) is 0 Å². The molecule has 0 N–H and O–H groups in total. The number of hydrogen-bond acceptors (Lipinski definition) is 5. The third-order valence-corrected chi connectivity index (χ3v) is 4.91. The molecule has 6 heteroatoms. The van der Waals surface area contributed by atoms with Gasteiger partial charge >= 0.3 is 5.97 Å². The molecule has 24 heavy (non-hydrogen) atoms. The molecule has 0 fully saturated rings. The van der Waals surface area contributed by atoms with Crippen molar-refractivity contribution in [3.8, 4) is 11.1 Å². The van der Waals surface area contributed by atoms with Gasteiger partial charge in [0.05, 0.1) is 28.6 Å². The van der Waals surface area contributed by atoms with E-state index in [1.807, 2.05) is 12.1 Å². The van der Waals surface area contributed by atoms with Gasteiger partial charge in [-0.25, -0.2) is 9.48 Å². The molecule has 5 nitrogen and oxygen atoms in total. The largest absolute Gasteiger partial charge is 0.462 e. The normalized spacial score (nSPS) is 11.0. The van der Waals surface area contributed by atoms with Crippen LogP contribution >= 0.6 is 11.3 Å². The minimum absolute atomic E-state index is 0.330. The Morgan fingerprint density at radius 2 is 2.21 bits per heavy atom. The van der Waals surface area contributed by atoms with Crippen LogP contribution in [0, 0.1) is 11.3 Å². The van der Waals surface area contributed by atoms with Crippen molar-refractivity contribution < 1.29 is 9.53 Å². The third kappa shape index (κ3) is 2.91. The van der Waals surface area contributed by atoms with E-state index in [0.717, 1.165) is 20.7 Å². The molecule has 0 bridgehead atoms. The number of aromatic nitrogens is 2. The summed E-state index contributed by atoms with van der Waals surface area (Å²) < 4.78 is 7.56. The summed E-state index contributed by atoms with van der Waals surface area (Å²) in [4.78, 5) is 11.8. The Hall–Kier alpha value is -2.65. The summed E-state index contributed by atoms with van der Waals surface area (Å²) in [7, 11) is 0. The van der Waals surface area contributed by atoms with Crippen LogP contribution in [0.15, 0.2) is 30.6 Å². The number of fused-ring (bicyclic) bond motifs is 1. The second-order valence-electron chi connectivity index (χ2n) is 5.73. The fourth-order valence-corrected chi connectivity index (χ4v) is 3.49. The summed E-state index contributed by atoms with van der Waals surface area (Å²) in [5.41, 5.74) is 2.22. The van der Waals surface area contributed by atoms with Gasteiger partial charge in [0, 0.05) is 6.20 Å². The molecule has 0 radical (unpaired) electrons. The van der Waals surface area contributed by atoms with E-state index in [4.69, 9.17) is 4.74 Å². The number of thiophene rings is 1. The number of nitriles is 1. The van der Waals surface area contributed by atoms with Gasteiger partial charge in [-0.2, -0.15) is 10.4 Å². The highest BCUT2D eigenvalue weighted by Gasteiger charge is 2.14. The third-order valence-electron chi connectivity index (χ3n) is 3.73. The van der Waals surface area contributed by atoms with Gasteiger partial charge in [0.15, 0.2) is 0 Å². The minimum Gasteiger partial charge on any atom is -0.462 e. The molecule has 122 valence electrons. The average Bonchev–Trinajstić information content (AvgIpc) is 3.20. The van der Waals surface area contributed by atoms with Gasteiger partial charge in [0.1, 0.15) is 11.1 Å². The van der Waals surface area contributed by atoms with Crippen molar-refractivity contribution >= 4 is 27.4 Å². The van der Waals surface area contributed by atoms with E-state index in [1.165, 1.54) is 17.5 Å². The molecule has 0 aliphatic heterocycles. The van der Waals surface area contributed by atoms with Crippen LogP contribution in [0.5, 0.6) is 0 Å². The molecule has 1 aromatic carbocycles. The maximum Gasteiger partial charge on any atom is 0.341 e. The Morgan fingerprint density at radius 3 is 2.88 bits per heavy atom. The van der Waals surface area contributed by atoms with E-state index in [9.17, 15) is 10.1 Å².